The number of hydrogen-bond donors (Lipinski definition) is 0. The van der Waals surface area contributed by atoms with Crippen LogP contribution >= 0.6 is 11.3 Å². The number of nitrogens with zero attached hydrogens (tertiary/aromatic N) is 2. The zero-order valence-electron chi connectivity index (χ0n) is 14.1. The van der Waals surface area contributed by atoms with Crippen LogP contribution in [-0.2, 0) is 14.3 Å². The minimum absolute atomic E-state index is 0.240. The van der Waals surface area contributed by atoms with Gasteiger partial charge in [0.2, 0.25) is 12.2 Å². The van der Waals surface area contributed by atoms with E-state index in [1.165, 1.54) is 0 Å². The summed E-state index contributed by atoms with van der Waals surface area (Å²) in [5, 5.41) is 3.12. The number of carbonyl (C=O) groups excluding carboxylic acids is 1. The number of ether oxygens (including phenoxy) is 2. The molecule has 2 heterocycles. The molecule has 0 aromatic carbocycles. The highest BCUT2D eigenvalue weighted by Crippen LogP contribution is 2.33. The molecule has 0 radical (unpaired) electrons. The highest BCUT2D eigenvalue weighted by Gasteiger charge is 2.31. The third-order valence-corrected chi connectivity index (χ3v) is 5.01. The number of likely N-dealkylation sites (tertiary alicyclic amines) is 1. The molecule has 0 bridgehead atoms. The Morgan fingerprint density at radius 3 is 2.41 bits per heavy atom. The third-order valence-electron chi connectivity index (χ3n) is 3.98. The maximum absolute atomic E-state index is 12.3. The average Bonchev–Trinajstić information content (AvgIpc) is 2.97. The lowest BCUT2D eigenvalue weighted by Crippen LogP contribution is -2.43. The largest absolute Gasteiger partial charge is 0.350 e. The van der Waals surface area contributed by atoms with Crippen LogP contribution in [0.2, 0.25) is 0 Å². The standard InChI is InChI=1S/C16H26N2O3S/c1-16(2,3)15(19)18-8-6-11(7-9-18)13-17-12(10-22-13)14(20-4)21-5/h10-11,14H,6-9H2,1-5H3. The first kappa shape index (κ1) is 17.4. The molecule has 0 unspecified atom stereocenters. The Hall–Kier alpha value is -0.980. The molecule has 1 fully saturated rings. The van der Waals surface area contributed by atoms with Crippen molar-refractivity contribution in [2.75, 3.05) is 27.3 Å². The molecule has 1 amide bonds. The van der Waals surface area contributed by atoms with Crippen LogP contribution in [0.1, 0.15) is 56.5 Å². The summed E-state index contributed by atoms with van der Waals surface area (Å²) in [6.07, 6.45) is 1.55. The summed E-state index contributed by atoms with van der Waals surface area (Å²) < 4.78 is 10.5. The van der Waals surface area contributed by atoms with Gasteiger partial charge in [0.15, 0.2) is 0 Å². The van der Waals surface area contributed by atoms with Crippen LogP contribution in [0.5, 0.6) is 0 Å². The number of amides is 1. The molecule has 2 rings (SSSR count). The molecule has 6 heteroatoms. The fourth-order valence-corrected chi connectivity index (χ4v) is 3.73. The monoisotopic (exact) mass is 326 g/mol. The first-order chi connectivity index (χ1) is 10.4. The number of hydrogen-bond acceptors (Lipinski definition) is 5. The van der Waals surface area contributed by atoms with Crippen LogP contribution < -0.4 is 0 Å². The van der Waals surface area contributed by atoms with Crippen molar-refractivity contribution >= 4 is 17.2 Å². The first-order valence-electron chi connectivity index (χ1n) is 7.67. The summed E-state index contributed by atoms with van der Waals surface area (Å²) in [5.41, 5.74) is 0.531. The van der Waals surface area contributed by atoms with Crippen LogP contribution in [0, 0.1) is 5.41 Å². The Morgan fingerprint density at radius 1 is 1.32 bits per heavy atom. The molecule has 0 saturated carbocycles. The van der Waals surface area contributed by atoms with Gasteiger partial charge in [0.05, 0.1) is 5.01 Å². The van der Waals surface area contributed by atoms with Crippen LogP contribution in [0.3, 0.4) is 0 Å². The highest BCUT2D eigenvalue weighted by atomic mass is 32.1. The summed E-state index contributed by atoms with van der Waals surface area (Å²) in [6, 6.07) is 0. The maximum Gasteiger partial charge on any atom is 0.227 e. The van der Waals surface area contributed by atoms with Gasteiger partial charge in [-0.2, -0.15) is 0 Å². The van der Waals surface area contributed by atoms with Gasteiger partial charge in [-0.15, -0.1) is 11.3 Å². The summed E-state index contributed by atoms with van der Waals surface area (Å²) in [7, 11) is 3.23. The number of carbonyl (C=O) groups is 1. The fourth-order valence-electron chi connectivity index (χ4n) is 2.74. The fraction of sp³-hybridized carbons (Fsp3) is 0.750. The Morgan fingerprint density at radius 2 is 1.91 bits per heavy atom. The van der Waals surface area contributed by atoms with Gasteiger partial charge in [-0.05, 0) is 12.8 Å². The van der Waals surface area contributed by atoms with E-state index in [2.05, 4.69) is 4.98 Å². The molecule has 1 aromatic rings. The van der Waals surface area contributed by atoms with Gasteiger partial charge < -0.3 is 14.4 Å². The van der Waals surface area contributed by atoms with E-state index in [1.54, 1.807) is 25.6 Å². The summed E-state index contributed by atoms with van der Waals surface area (Å²) in [4.78, 5) is 19.0. The van der Waals surface area contributed by atoms with Crippen molar-refractivity contribution in [2.45, 2.75) is 45.8 Å². The molecule has 0 spiro atoms. The zero-order chi connectivity index (χ0) is 16.3. The molecular formula is C16H26N2O3S. The quantitative estimate of drug-likeness (QED) is 0.797. The molecule has 124 valence electrons. The Balaban J connectivity index is 1.96. The first-order valence-corrected chi connectivity index (χ1v) is 8.55. The Labute approximate surface area is 136 Å². The molecule has 1 aliphatic heterocycles. The van der Waals surface area contributed by atoms with Gasteiger partial charge in [-0.25, -0.2) is 4.98 Å². The minimum atomic E-state index is -0.396. The molecule has 1 saturated heterocycles. The van der Waals surface area contributed by atoms with E-state index in [4.69, 9.17) is 9.47 Å². The second-order valence-electron chi connectivity index (χ2n) is 6.73. The Bertz CT molecular complexity index is 498. The van der Waals surface area contributed by atoms with Gasteiger partial charge in [-0.1, -0.05) is 20.8 Å². The van der Waals surface area contributed by atoms with Gasteiger partial charge in [0.25, 0.3) is 0 Å². The van der Waals surface area contributed by atoms with Crippen molar-refractivity contribution in [1.29, 1.82) is 0 Å². The molecule has 0 aliphatic carbocycles. The van der Waals surface area contributed by atoms with Crippen molar-refractivity contribution in [2.24, 2.45) is 5.41 Å². The second kappa shape index (κ2) is 7.06. The lowest BCUT2D eigenvalue weighted by molar-refractivity contribution is -0.140. The normalized spacial score (nSPS) is 17.3. The van der Waals surface area contributed by atoms with E-state index >= 15 is 0 Å². The van der Waals surface area contributed by atoms with Crippen LogP contribution in [-0.4, -0.2) is 43.1 Å². The predicted molar refractivity (Wildman–Crippen MR) is 86.9 cm³/mol. The summed E-state index contributed by atoms with van der Waals surface area (Å²) in [6.45, 7) is 7.56. The topological polar surface area (TPSA) is 51.7 Å². The van der Waals surface area contributed by atoms with Crippen molar-refractivity contribution < 1.29 is 14.3 Å². The molecule has 5 nitrogen and oxygen atoms in total. The van der Waals surface area contributed by atoms with Crippen molar-refractivity contribution in [3.63, 3.8) is 0 Å². The van der Waals surface area contributed by atoms with Gasteiger partial charge in [0.1, 0.15) is 5.69 Å². The second-order valence-corrected chi connectivity index (χ2v) is 7.62. The number of methoxy groups -OCH3 is 2. The van der Waals surface area contributed by atoms with Gasteiger partial charge in [-0.3, -0.25) is 4.79 Å². The van der Waals surface area contributed by atoms with Gasteiger partial charge in [0, 0.05) is 44.0 Å². The van der Waals surface area contributed by atoms with Crippen molar-refractivity contribution in [1.82, 2.24) is 9.88 Å². The van der Waals surface area contributed by atoms with Crippen molar-refractivity contribution in [3.8, 4) is 0 Å². The van der Waals surface area contributed by atoms with E-state index in [0.29, 0.717) is 5.92 Å². The predicted octanol–water partition coefficient (Wildman–Crippen LogP) is 3.19. The number of piperidine rings is 1. The molecule has 0 N–H and O–H groups in total. The van der Waals surface area contributed by atoms with Crippen LogP contribution in [0.15, 0.2) is 5.38 Å². The summed E-state index contributed by atoms with van der Waals surface area (Å²) in [5.74, 6) is 0.668. The maximum atomic E-state index is 12.3. The van der Waals surface area contributed by atoms with Crippen LogP contribution in [0.25, 0.3) is 0 Å². The highest BCUT2D eigenvalue weighted by molar-refractivity contribution is 7.09. The molecular weight excluding hydrogens is 300 g/mol. The van der Waals surface area contributed by atoms with E-state index in [-0.39, 0.29) is 11.3 Å². The van der Waals surface area contributed by atoms with E-state index < -0.39 is 6.29 Å². The van der Waals surface area contributed by atoms with E-state index in [9.17, 15) is 4.79 Å². The molecule has 1 aromatic heterocycles. The molecule has 22 heavy (non-hydrogen) atoms. The number of rotatable bonds is 4. The molecule has 0 atom stereocenters. The van der Waals surface area contributed by atoms with Gasteiger partial charge >= 0.3 is 0 Å². The minimum Gasteiger partial charge on any atom is -0.350 e. The number of thiazole rings is 1. The number of aromatic nitrogens is 1. The lowest BCUT2D eigenvalue weighted by Gasteiger charge is -2.35. The van der Waals surface area contributed by atoms with Crippen LogP contribution in [0.4, 0.5) is 0 Å². The third kappa shape index (κ3) is 3.86. The van der Waals surface area contributed by atoms with E-state index in [0.717, 1.165) is 36.6 Å². The van der Waals surface area contributed by atoms with E-state index in [1.807, 2.05) is 31.1 Å². The average molecular weight is 326 g/mol. The zero-order valence-corrected chi connectivity index (χ0v) is 14.9. The lowest BCUT2D eigenvalue weighted by atomic mass is 9.91. The molecule has 1 aliphatic rings. The van der Waals surface area contributed by atoms with Crippen molar-refractivity contribution in [3.05, 3.63) is 16.1 Å². The smallest absolute Gasteiger partial charge is 0.227 e. The summed E-state index contributed by atoms with van der Waals surface area (Å²) >= 11 is 1.66. The SMILES string of the molecule is COC(OC)c1csc(C2CCN(C(=O)C(C)(C)C)CC2)n1. The Kier molecular flexibility index (Phi) is 5.58.